The summed E-state index contributed by atoms with van der Waals surface area (Å²) in [6.07, 6.45) is 6.67. The van der Waals surface area contributed by atoms with Crippen LogP contribution in [0.1, 0.15) is 52.9 Å². The molecule has 2 nitrogen and oxygen atoms in total. The van der Waals surface area contributed by atoms with Gasteiger partial charge in [0.05, 0.1) is 0 Å². The highest BCUT2D eigenvalue weighted by Crippen LogP contribution is 2.24. The van der Waals surface area contributed by atoms with Gasteiger partial charge in [-0.05, 0) is 38.6 Å². The molecule has 0 aromatic heterocycles. The van der Waals surface area contributed by atoms with Gasteiger partial charge >= 0.3 is 0 Å². The molecule has 90 valence electrons. The third kappa shape index (κ3) is 3.76. The Hall–Kier alpha value is -0.0800. The normalized spacial score (nSPS) is 26.8. The zero-order valence-electron chi connectivity index (χ0n) is 10.7. The third-order valence-corrected chi connectivity index (χ3v) is 3.88. The van der Waals surface area contributed by atoms with E-state index >= 15 is 0 Å². The summed E-state index contributed by atoms with van der Waals surface area (Å²) in [5.41, 5.74) is 5.97. The summed E-state index contributed by atoms with van der Waals surface area (Å²) in [6, 6.07) is 1.19. The zero-order valence-corrected chi connectivity index (χ0v) is 10.7. The Labute approximate surface area is 95.2 Å². The molecule has 0 bridgehead atoms. The van der Waals surface area contributed by atoms with Crippen LogP contribution < -0.4 is 5.73 Å². The van der Waals surface area contributed by atoms with E-state index in [0.717, 1.165) is 12.0 Å². The second-order valence-corrected chi connectivity index (χ2v) is 5.11. The van der Waals surface area contributed by atoms with Gasteiger partial charge in [0.1, 0.15) is 0 Å². The lowest BCUT2D eigenvalue weighted by Gasteiger charge is -2.27. The summed E-state index contributed by atoms with van der Waals surface area (Å²) < 4.78 is 0. The van der Waals surface area contributed by atoms with Crippen LogP contribution in [-0.2, 0) is 0 Å². The van der Waals surface area contributed by atoms with Gasteiger partial charge in [-0.2, -0.15) is 0 Å². The van der Waals surface area contributed by atoms with Crippen molar-refractivity contribution in [2.45, 2.75) is 65.0 Å². The molecule has 0 amide bonds. The van der Waals surface area contributed by atoms with Crippen molar-refractivity contribution in [1.29, 1.82) is 0 Å². The van der Waals surface area contributed by atoms with Gasteiger partial charge in [0.15, 0.2) is 0 Å². The highest BCUT2D eigenvalue weighted by molar-refractivity contribution is 4.84. The number of hydrogen-bond acceptors (Lipinski definition) is 2. The number of rotatable bonds is 6. The molecule has 0 radical (unpaired) electrons. The zero-order chi connectivity index (χ0) is 11.3. The summed E-state index contributed by atoms with van der Waals surface area (Å²) >= 11 is 0. The fraction of sp³-hybridized carbons (Fsp3) is 1.00. The maximum absolute atomic E-state index is 5.97. The number of nitrogens with two attached hydrogens (primary N) is 1. The molecule has 3 unspecified atom stereocenters. The van der Waals surface area contributed by atoms with Crippen LogP contribution in [0.3, 0.4) is 0 Å². The number of hydrogen-bond donors (Lipinski definition) is 1. The Balaban J connectivity index is 2.35. The molecule has 0 aromatic rings. The van der Waals surface area contributed by atoms with E-state index in [4.69, 9.17) is 5.73 Å². The predicted molar refractivity (Wildman–Crippen MR) is 66.9 cm³/mol. The van der Waals surface area contributed by atoms with Gasteiger partial charge in [-0.25, -0.2) is 0 Å². The van der Waals surface area contributed by atoms with E-state index in [9.17, 15) is 0 Å². The fourth-order valence-corrected chi connectivity index (χ4v) is 2.66. The first-order valence-electron chi connectivity index (χ1n) is 6.68. The van der Waals surface area contributed by atoms with Gasteiger partial charge in [-0.1, -0.05) is 26.7 Å². The van der Waals surface area contributed by atoms with E-state index in [1.165, 1.54) is 45.2 Å². The quantitative estimate of drug-likeness (QED) is 0.733. The predicted octanol–water partition coefficient (Wildman–Crippen LogP) is 2.62. The number of likely N-dealkylation sites (tertiary alicyclic amines) is 1. The molecule has 1 saturated heterocycles. The molecule has 2 heteroatoms. The fourth-order valence-electron chi connectivity index (χ4n) is 2.66. The Kier molecular flexibility index (Phi) is 5.62. The SMILES string of the molecule is CCCCC(CC)N1CCC(C(C)N)C1. The van der Waals surface area contributed by atoms with E-state index in [1.54, 1.807) is 0 Å². The van der Waals surface area contributed by atoms with Crippen LogP contribution in [0, 0.1) is 5.92 Å². The molecule has 0 spiro atoms. The van der Waals surface area contributed by atoms with Gasteiger partial charge < -0.3 is 10.6 Å². The van der Waals surface area contributed by atoms with Crippen LogP contribution in [0.25, 0.3) is 0 Å². The van der Waals surface area contributed by atoms with E-state index in [1.807, 2.05) is 0 Å². The minimum absolute atomic E-state index is 0.374. The number of nitrogens with zero attached hydrogens (tertiary/aromatic N) is 1. The van der Waals surface area contributed by atoms with Crippen molar-refractivity contribution >= 4 is 0 Å². The maximum atomic E-state index is 5.97. The summed E-state index contributed by atoms with van der Waals surface area (Å²) in [7, 11) is 0. The van der Waals surface area contributed by atoms with Crippen molar-refractivity contribution in [1.82, 2.24) is 4.90 Å². The molecule has 1 fully saturated rings. The van der Waals surface area contributed by atoms with Crippen LogP contribution in [0.5, 0.6) is 0 Å². The van der Waals surface area contributed by atoms with Crippen LogP contribution in [0.4, 0.5) is 0 Å². The Morgan fingerprint density at radius 3 is 2.60 bits per heavy atom. The molecule has 0 aliphatic carbocycles. The van der Waals surface area contributed by atoms with Gasteiger partial charge in [-0.3, -0.25) is 0 Å². The summed E-state index contributed by atoms with van der Waals surface area (Å²) in [6.45, 7) is 9.26. The minimum atomic E-state index is 0.374. The molecule has 1 aliphatic rings. The van der Waals surface area contributed by atoms with E-state index in [2.05, 4.69) is 25.7 Å². The first-order valence-corrected chi connectivity index (χ1v) is 6.68. The van der Waals surface area contributed by atoms with Crippen LogP contribution in [0.15, 0.2) is 0 Å². The first-order chi connectivity index (χ1) is 7.19. The summed E-state index contributed by atoms with van der Waals surface area (Å²) in [4.78, 5) is 2.67. The average molecular weight is 212 g/mol. The average Bonchev–Trinajstić information content (AvgIpc) is 2.68. The molecule has 1 rings (SSSR count). The van der Waals surface area contributed by atoms with Crippen molar-refractivity contribution < 1.29 is 0 Å². The van der Waals surface area contributed by atoms with E-state index in [-0.39, 0.29) is 0 Å². The Morgan fingerprint density at radius 1 is 1.40 bits per heavy atom. The lowest BCUT2D eigenvalue weighted by molar-refractivity contribution is 0.210. The summed E-state index contributed by atoms with van der Waals surface area (Å²) in [5, 5.41) is 0. The smallest absolute Gasteiger partial charge is 0.00927 e. The van der Waals surface area contributed by atoms with Gasteiger partial charge in [-0.15, -0.1) is 0 Å². The molecular formula is C13H28N2. The molecule has 3 atom stereocenters. The van der Waals surface area contributed by atoms with Crippen molar-refractivity contribution in [3.05, 3.63) is 0 Å². The standard InChI is InChI=1S/C13H28N2/c1-4-6-7-13(5-2)15-9-8-12(10-15)11(3)14/h11-13H,4-10,14H2,1-3H3. The second kappa shape index (κ2) is 6.49. The van der Waals surface area contributed by atoms with E-state index < -0.39 is 0 Å². The van der Waals surface area contributed by atoms with Gasteiger partial charge in [0.25, 0.3) is 0 Å². The lowest BCUT2D eigenvalue weighted by Crippen LogP contribution is -2.35. The second-order valence-electron chi connectivity index (χ2n) is 5.11. The largest absolute Gasteiger partial charge is 0.328 e. The van der Waals surface area contributed by atoms with Crippen LogP contribution >= 0.6 is 0 Å². The monoisotopic (exact) mass is 212 g/mol. The topological polar surface area (TPSA) is 29.3 Å². The molecule has 0 saturated carbocycles. The lowest BCUT2D eigenvalue weighted by atomic mass is 10.0. The summed E-state index contributed by atoms with van der Waals surface area (Å²) in [5.74, 6) is 0.737. The van der Waals surface area contributed by atoms with Crippen molar-refractivity contribution in [3.63, 3.8) is 0 Å². The minimum Gasteiger partial charge on any atom is -0.328 e. The highest BCUT2D eigenvalue weighted by Gasteiger charge is 2.28. The third-order valence-electron chi connectivity index (χ3n) is 3.88. The number of unbranched alkanes of at least 4 members (excludes halogenated alkanes) is 1. The molecular weight excluding hydrogens is 184 g/mol. The van der Waals surface area contributed by atoms with Gasteiger partial charge in [0, 0.05) is 18.6 Å². The Morgan fingerprint density at radius 2 is 2.13 bits per heavy atom. The van der Waals surface area contributed by atoms with Crippen molar-refractivity contribution in [2.24, 2.45) is 11.7 Å². The molecule has 2 N–H and O–H groups in total. The van der Waals surface area contributed by atoms with Crippen molar-refractivity contribution in [2.75, 3.05) is 13.1 Å². The van der Waals surface area contributed by atoms with Gasteiger partial charge in [0.2, 0.25) is 0 Å². The molecule has 1 aliphatic heterocycles. The van der Waals surface area contributed by atoms with Crippen LogP contribution in [0.2, 0.25) is 0 Å². The van der Waals surface area contributed by atoms with E-state index in [0.29, 0.717) is 6.04 Å². The molecule has 0 aromatic carbocycles. The van der Waals surface area contributed by atoms with Crippen LogP contribution in [-0.4, -0.2) is 30.1 Å². The maximum Gasteiger partial charge on any atom is 0.00927 e. The van der Waals surface area contributed by atoms with Crippen molar-refractivity contribution in [3.8, 4) is 0 Å². The molecule has 15 heavy (non-hydrogen) atoms. The Bertz CT molecular complexity index is 168. The highest BCUT2D eigenvalue weighted by atomic mass is 15.2. The molecule has 1 heterocycles. The first kappa shape index (κ1) is 13.0.